The first kappa shape index (κ1) is 13.6. The Morgan fingerprint density at radius 2 is 1.84 bits per heavy atom. The highest BCUT2D eigenvalue weighted by molar-refractivity contribution is 6.34. The molecule has 0 aliphatic heterocycles. The lowest BCUT2D eigenvalue weighted by Gasteiger charge is -2.08. The lowest BCUT2D eigenvalue weighted by Crippen LogP contribution is -2.12. The van der Waals surface area contributed by atoms with Gasteiger partial charge in [0.1, 0.15) is 5.82 Å². The highest BCUT2D eigenvalue weighted by atomic mass is 35.5. The normalized spacial score (nSPS) is 10.3. The molecule has 0 unspecified atom stereocenters. The van der Waals surface area contributed by atoms with Crippen LogP contribution in [0.5, 0.6) is 0 Å². The zero-order chi connectivity index (χ0) is 14.0. The molecule has 19 heavy (non-hydrogen) atoms. The summed E-state index contributed by atoms with van der Waals surface area (Å²) in [6, 6.07) is 8.17. The van der Waals surface area contributed by atoms with Crippen molar-refractivity contribution in [2.45, 2.75) is 0 Å². The number of benzene rings is 2. The van der Waals surface area contributed by atoms with Crippen LogP contribution < -0.4 is 11.1 Å². The summed E-state index contributed by atoms with van der Waals surface area (Å²) in [5.74, 6) is -0.940. The van der Waals surface area contributed by atoms with E-state index < -0.39 is 11.7 Å². The van der Waals surface area contributed by atoms with Gasteiger partial charge in [-0.25, -0.2) is 4.39 Å². The topological polar surface area (TPSA) is 55.1 Å². The van der Waals surface area contributed by atoms with Crippen molar-refractivity contribution in [1.29, 1.82) is 0 Å². The number of halogens is 3. The molecule has 0 saturated heterocycles. The van der Waals surface area contributed by atoms with Crippen molar-refractivity contribution >= 4 is 40.5 Å². The van der Waals surface area contributed by atoms with Crippen molar-refractivity contribution in [1.82, 2.24) is 0 Å². The highest BCUT2D eigenvalue weighted by Crippen LogP contribution is 2.24. The molecule has 6 heteroatoms. The molecule has 98 valence electrons. The average Bonchev–Trinajstić information content (AvgIpc) is 2.37. The zero-order valence-corrected chi connectivity index (χ0v) is 11.1. The largest absolute Gasteiger partial charge is 0.398 e. The first-order chi connectivity index (χ1) is 8.97. The average molecular weight is 299 g/mol. The van der Waals surface area contributed by atoms with E-state index in [1.54, 1.807) is 0 Å². The molecule has 0 bridgehead atoms. The molecule has 0 fully saturated rings. The second-order valence-electron chi connectivity index (χ2n) is 3.81. The quantitative estimate of drug-likeness (QED) is 0.824. The fourth-order valence-electron chi connectivity index (χ4n) is 1.46. The molecule has 3 N–H and O–H groups in total. The molecule has 0 radical (unpaired) electrons. The van der Waals surface area contributed by atoms with E-state index in [-0.39, 0.29) is 15.7 Å². The van der Waals surface area contributed by atoms with E-state index in [9.17, 15) is 9.18 Å². The molecule has 1 amide bonds. The minimum atomic E-state index is -0.491. The van der Waals surface area contributed by atoms with Crippen LogP contribution in [0.15, 0.2) is 36.4 Å². The van der Waals surface area contributed by atoms with Crippen LogP contribution >= 0.6 is 23.2 Å². The number of hydrogen-bond donors (Lipinski definition) is 2. The monoisotopic (exact) mass is 298 g/mol. The number of nitrogen functional groups attached to an aromatic ring is 1. The van der Waals surface area contributed by atoms with E-state index in [0.29, 0.717) is 11.3 Å². The third-order valence-corrected chi connectivity index (χ3v) is 3.10. The summed E-state index contributed by atoms with van der Waals surface area (Å²) in [7, 11) is 0. The summed E-state index contributed by atoms with van der Waals surface area (Å²) < 4.78 is 13.1. The molecular weight excluding hydrogens is 290 g/mol. The minimum Gasteiger partial charge on any atom is -0.398 e. The molecule has 0 heterocycles. The maximum atomic E-state index is 13.1. The maximum Gasteiger partial charge on any atom is 0.255 e. The Balaban J connectivity index is 2.25. The van der Waals surface area contributed by atoms with Gasteiger partial charge in [-0.05, 0) is 36.4 Å². The van der Waals surface area contributed by atoms with Crippen molar-refractivity contribution in [2.75, 3.05) is 11.1 Å². The second-order valence-corrected chi connectivity index (χ2v) is 4.63. The van der Waals surface area contributed by atoms with Crippen molar-refractivity contribution in [3.05, 3.63) is 57.8 Å². The lowest BCUT2D eigenvalue weighted by molar-refractivity contribution is 0.102. The van der Waals surface area contributed by atoms with Crippen LogP contribution in [-0.4, -0.2) is 5.91 Å². The predicted octanol–water partition coefficient (Wildman–Crippen LogP) is 3.97. The van der Waals surface area contributed by atoms with E-state index in [1.165, 1.54) is 30.3 Å². The Kier molecular flexibility index (Phi) is 3.93. The molecule has 0 aliphatic carbocycles. The van der Waals surface area contributed by atoms with E-state index in [2.05, 4.69) is 5.32 Å². The third kappa shape index (κ3) is 3.16. The number of carbonyl (C=O) groups excluding carboxylic acids is 1. The molecule has 0 aliphatic rings. The summed E-state index contributed by atoms with van der Waals surface area (Å²) in [4.78, 5) is 11.9. The fraction of sp³-hybridized carbons (Fsp3) is 0. The molecule has 2 aromatic rings. The second kappa shape index (κ2) is 5.47. The molecular formula is C13H9Cl2FN2O. The Morgan fingerprint density at radius 1 is 1.11 bits per heavy atom. The first-order valence-electron chi connectivity index (χ1n) is 5.29. The number of nitrogens with one attached hydrogen (secondary N) is 1. The lowest BCUT2D eigenvalue weighted by atomic mass is 10.2. The number of carbonyl (C=O) groups is 1. The summed E-state index contributed by atoms with van der Waals surface area (Å²) >= 11 is 11.7. The molecule has 0 saturated carbocycles. The molecule has 2 aromatic carbocycles. The molecule has 0 atom stereocenters. The van der Waals surface area contributed by atoms with Gasteiger partial charge in [0.25, 0.3) is 5.91 Å². The van der Waals surface area contributed by atoms with Crippen LogP contribution in [0.3, 0.4) is 0 Å². The van der Waals surface area contributed by atoms with Crippen molar-refractivity contribution in [3.8, 4) is 0 Å². The third-order valence-electron chi connectivity index (χ3n) is 2.44. The van der Waals surface area contributed by atoms with Gasteiger partial charge in [-0.2, -0.15) is 0 Å². The SMILES string of the molecule is Nc1ccc(C(=O)Nc2cc(F)ccc2Cl)cc1Cl. The summed E-state index contributed by atoms with van der Waals surface area (Å²) in [5.41, 5.74) is 6.43. The van der Waals surface area contributed by atoms with Crippen LogP contribution in [0.1, 0.15) is 10.4 Å². The Bertz CT molecular complexity index is 647. The van der Waals surface area contributed by atoms with Gasteiger partial charge < -0.3 is 11.1 Å². The van der Waals surface area contributed by atoms with Crippen molar-refractivity contribution in [2.24, 2.45) is 0 Å². The standard InChI is InChI=1S/C13H9Cl2FN2O/c14-9-3-2-8(16)6-12(9)18-13(19)7-1-4-11(17)10(15)5-7/h1-6H,17H2,(H,18,19). The molecule has 3 nitrogen and oxygen atoms in total. The number of amides is 1. The van der Waals surface area contributed by atoms with Crippen LogP contribution in [0.4, 0.5) is 15.8 Å². The number of anilines is 2. The summed E-state index contributed by atoms with van der Waals surface area (Å²) in [5, 5.41) is 3.03. The predicted molar refractivity (Wildman–Crippen MR) is 75.2 cm³/mol. The van der Waals surface area contributed by atoms with Gasteiger partial charge in [0, 0.05) is 5.56 Å². The maximum absolute atomic E-state index is 13.1. The van der Waals surface area contributed by atoms with Crippen LogP contribution in [0, 0.1) is 5.82 Å². The van der Waals surface area contributed by atoms with Crippen LogP contribution in [-0.2, 0) is 0 Å². The summed E-state index contributed by atoms with van der Waals surface area (Å²) in [6.07, 6.45) is 0. The van der Waals surface area contributed by atoms with Gasteiger partial charge in [-0.1, -0.05) is 23.2 Å². The van der Waals surface area contributed by atoms with Gasteiger partial charge >= 0.3 is 0 Å². The van der Waals surface area contributed by atoms with E-state index in [1.807, 2.05) is 0 Å². The Hall–Kier alpha value is -1.78. The van der Waals surface area contributed by atoms with Crippen molar-refractivity contribution < 1.29 is 9.18 Å². The number of hydrogen-bond acceptors (Lipinski definition) is 2. The Morgan fingerprint density at radius 3 is 2.53 bits per heavy atom. The molecule has 0 aromatic heterocycles. The zero-order valence-electron chi connectivity index (χ0n) is 9.58. The smallest absolute Gasteiger partial charge is 0.255 e. The van der Waals surface area contributed by atoms with Crippen molar-refractivity contribution in [3.63, 3.8) is 0 Å². The van der Waals surface area contributed by atoms with E-state index >= 15 is 0 Å². The van der Waals surface area contributed by atoms with E-state index in [4.69, 9.17) is 28.9 Å². The minimum absolute atomic E-state index is 0.194. The number of nitrogens with two attached hydrogens (primary N) is 1. The Labute approximate surface area is 119 Å². The molecule has 0 spiro atoms. The molecule has 2 rings (SSSR count). The highest BCUT2D eigenvalue weighted by Gasteiger charge is 2.10. The number of rotatable bonds is 2. The van der Waals surface area contributed by atoms with Gasteiger partial charge in [0.05, 0.1) is 21.4 Å². The summed E-state index contributed by atoms with van der Waals surface area (Å²) in [6.45, 7) is 0. The van der Waals surface area contributed by atoms with Crippen LogP contribution in [0.25, 0.3) is 0 Å². The van der Waals surface area contributed by atoms with E-state index in [0.717, 1.165) is 6.07 Å². The van der Waals surface area contributed by atoms with Gasteiger partial charge in [-0.15, -0.1) is 0 Å². The van der Waals surface area contributed by atoms with Gasteiger partial charge in [0.2, 0.25) is 0 Å². The van der Waals surface area contributed by atoms with Gasteiger partial charge in [0.15, 0.2) is 0 Å². The first-order valence-corrected chi connectivity index (χ1v) is 6.04. The fourth-order valence-corrected chi connectivity index (χ4v) is 1.80. The van der Waals surface area contributed by atoms with Crippen LogP contribution in [0.2, 0.25) is 10.0 Å². The van der Waals surface area contributed by atoms with Gasteiger partial charge in [-0.3, -0.25) is 4.79 Å².